The molecule has 0 amide bonds. The number of Topliss-reactive ketones (excluding diaryl/α,β-unsaturated/α-hetero) is 1. The minimum Gasteiger partial charge on any atom is -0.483 e. The zero-order valence-corrected chi connectivity index (χ0v) is 13.8. The van der Waals surface area contributed by atoms with Crippen LogP contribution in [0.5, 0.6) is 5.75 Å². The summed E-state index contributed by atoms with van der Waals surface area (Å²) < 4.78 is 11.4. The van der Waals surface area contributed by atoms with Crippen LogP contribution in [0, 0.1) is 0 Å². The van der Waals surface area contributed by atoms with E-state index in [-0.39, 0.29) is 17.5 Å². The number of aryl methyl sites for hydroxylation is 1. The lowest BCUT2D eigenvalue weighted by atomic mass is 9.96. The molecule has 4 heteroatoms. The minimum absolute atomic E-state index is 0.171. The Morgan fingerprint density at radius 3 is 2.54 bits per heavy atom. The second-order valence-electron chi connectivity index (χ2n) is 6.88. The number of rotatable bonds is 2. The molecular weight excluding hydrogens is 304 g/mol. The van der Waals surface area contributed by atoms with Crippen LogP contribution in [-0.2, 0) is 17.6 Å². The third kappa shape index (κ3) is 2.85. The van der Waals surface area contributed by atoms with E-state index in [0.29, 0.717) is 17.8 Å². The van der Waals surface area contributed by atoms with Crippen LogP contribution < -0.4 is 10.4 Å². The zero-order valence-electron chi connectivity index (χ0n) is 13.8. The summed E-state index contributed by atoms with van der Waals surface area (Å²) in [7, 11) is 0. The molecule has 0 N–H and O–H groups in total. The van der Waals surface area contributed by atoms with Crippen molar-refractivity contribution in [3.05, 3.63) is 39.7 Å². The summed E-state index contributed by atoms with van der Waals surface area (Å²) in [6.45, 7) is 0. The largest absolute Gasteiger partial charge is 0.483 e. The Morgan fingerprint density at radius 1 is 0.917 bits per heavy atom. The van der Waals surface area contributed by atoms with Crippen LogP contribution in [0.3, 0.4) is 0 Å². The topological polar surface area (TPSA) is 56.5 Å². The van der Waals surface area contributed by atoms with Gasteiger partial charge in [0.2, 0.25) is 0 Å². The maximum Gasteiger partial charge on any atom is 0.339 e. The third-order valence-corrected chi connectivity index (χ3v) is 5.22. The molecule has 2 aromatic rings. The summed E-state index contributed by atoms with van der Waals surface area (Å²) in [5, 5.41) is 1.01. The van der Waals surface area contributed by atoms with Crippen molar-refractivity contribution < 1.29 is 13.9 Å². The summed E-state index contributed by atoms with van der Waals surface area (Å²) in [5.74, 6) is 0.782. The van der Waals surface area contributed by atoms with E-state index < -0.39 is 0 Å². The average molecular weight is 326 g/mol. The number of hydrogen-bond donors (Lipinski definition) is 0. The zero-order chi connectivity index (χ0) is 16.5. The molecule has 0 bridgehead atoms. The lowest BCUT2D eigenvalue weighted by Crippen LogP contribution is -2.30. The smallest absolute Gasteiger partial charge is 0.339 e. The number of benzene rings is 1. The maximum absolute atomic E-state index is 12.3. The number of fused-ring (bicyclic) bond motifs is 3. The third-order valence-electron chi connectivity index (χ3n) is 5.22. The van der Waals surface area contributed by atoms with Crippen LogP contribution in [0.4, 0.5) is 0 Å². The number of ketones is 1. The predicted octanol–water partition coefficient (Wildman–Crippen LogP) is 3.95. The van der Waals surface area contributed by atoms with Crippen molar-refractivity contribution in [2.24, 2.45) is 0 Å². The van der Waals surface area contributed by atoms with Crippen LogP contribution in [0.1, 0.15) is 56.1 Å². The number of hydrogen-bond acceptors (Lipinski definition) is 4. The number of carbonyl (C=O) groups excluding carboxylic acids is 1. The van der Waals surface area contributed by atoms with E-state index >= 15 is 0 Å². The molecule has 2 aliphatic carbocycles. The van der Waals surface area contributed by atoms with E-state index in [2.05, 4.69) is 0 Å². The molecule has 2 aliphatic rings. The van der Waals surface area contributed by atoms with E-state index in [1.165, 1.54) is 0 Å². The monoisotopic (exact) mass is 326 g/mol. The molecule has 1 fully saturated rings. The molecule has 1 heterocycles. The first kappa shape index (κ1) is 15.4. The highest BCUT2D eigenvalue weighted by Gasteiger charge is 2.24. The summed E-state index contributed by atoms with van der Waals surface area (Å²) >= 11 is 0. The van der Waals surface area contributed by atoms with Crippen molar-refractivity contribution in [3.63, 3.8) is 0 Å². The van der Waals surface area contributed by atoms with Gasteiger partial charge in [0.25, 0.3) is 0 Å². The van der Waals surface area contributed by atoms with E-state index in [0.717, 1.165) is 67.9 Å². The van der Waals surface area contributed by atoms with E-state index in [4.69, 9.17) is 9.15 Å². The Hall–Kier alpha value is -2.10. The lowest BCUT2D eigenvalue weighted by molar-refractivity contribution is -0.127. The Morgan fingerprint density at radius 2 is 1.71 bits per heavy atom. The molecule has 126 valence electrons. The summed E-state index contributed by atoms with van der Waals surface area (Å²) in [4.78, 5) is 24.3. The van der Waals surface area contributed by atoms with Gasteiger partial charge in [-0.25, -0.2) is 4.79 Å². The van der Waals surface area contributed by atoms with Crippen molar-refractivity contribution in [2.45, 2.75) is 63.9 Å². The first-order valence-corrected chi connectivity index (χ1v) is 9.00. The van der Waals surface area contributed by atoms with E-state index in [9.17, 15) is 9.59 Å². The molecule has 24 heavy (non-hydrogen) atoms. The van der Waals surface area contributed by atoms with Gasteiger partial charge in [0.1, 0.15) is 11.3 Å². The fourth-order valence-electron chi connectivity index (χ4n) is 3.92. The highest BCUT2D eigenvalue weighted by Crippen LogP contribution is 2.30. The first-order chi connectivity index (χ1) is 11.7. The van der Waals surface area contributed by atoms with Crippen LogP contribution in [0.2, 0.25) is 0 Å². The lowest BCUT2D eigenvalue weighted by Gasteiger charge is -2.22. The SMILES string of the molecule is O=C1CCCC[C@H]1Oc1ccc2c3c(c(=O)oc2c1)CCCCC3. The fourth-order valence-corrected chi connectivity index (χ4v) is 3.92. The molecule has 1 atom stereocenters. The molecule has 0 aliphatic heterocycles. The minimum atomic E-state index is -0.358. The van der Waals surface area contributed by atoms with Crippen molar-refractivity contribution in [3.8, 4) is 5.75 Å². The Bertz CT molecular complexity index is 833. The Kier molecular flexibility index (Phi) is 4.13. The van der Waals surface area contributed by atoms with Crippen LogP contribution in [0.25, 0.3) is 11.0 Å². The molecule has 0 radical (unpaired) electrons. The van der Waals surface area contributed by atoms with Gasteiger partial charge in [-0.1, -0.05) is 6.42 Å². The second kappa shape index (κ2) is 6.42. The van der Waals surface area contributed by atoms with Crippen molar-refractivity contribution in [2.75, 3.05) is 0 Å². The second-order valence-corrected chi connectivity index (χ2v) is 6.88. The fraction of sp³-hybridized carbons (Fsp3) is 0.500. The Balaban J connectivity index is 1.71. The van der Waals surface area contributed by atoms with Crippen LogP contribution in [0.15, 0.2) is 27.4 Å². The van der Waals surface area contributed by atoms with Crippen LogP contribution in [-0.4, -0.2) is 11.9 Å². The highest BCUT2D eigenvalue weighted by atomic mass is 16.5. The molecular formula is C20H22O4. The molecule has 4 nitrogen and oxygen atoms in total. The van der Waals surface area contributed by atoms with Gasteiger partial charge in [0.05, 0.1) is 0 Å². The molecule has 4 rings (SSSR count). The van der Waals surface area contributed by atoms with Crippen molar-refractivity contribution in [1.82, 2.24) is 0 Å². The van der Waals surface area contributed by atoms with Gasteiger partial charge in [-0.05, 0) is 62.6 Å². The first-order valence-electron chi connectivity index (χ1n) is 9.00. The van der Waals surface area contributed by atoms with Gasteiger partial charge in [-0.3, -0.25) is 4.79 Å². The van der Waals surface area contributed by atoms with Crippen molar-refractivity contribution in [1.29, 1.82) is 0 Å². The normalized spacial score (nSPS) is 21.3. The molecule has 1 aromatic heterocycles. The molecule has 0 unspecified atom stereocenters. The van der Waals surface area contributed by atoms with Gasteiger partial charge >= 0.3 is 5.63 Å². The standard InChI is InChI=1S/C20H22O4/c21-17-8-4-5-9-18(17)23-13-10-11-15-14-6-2-1-3-7-16(14)20(22)24-19(15)12-13/h10-12,18H,1-9H2/t18-/m1/s1. The van der Waals surface area contributed by atoms with E-state index in [1.807, 2.05) is 12.1 Å². The quantitative estimate of drug-likeness (QED) is 0.619. The van der Waals surface area contributed by atoms with E-state index in [1.54, 1.807) is 6.07 Å². The van der Waals surface area contributed by atoms with Crippen molar-refractivity contribution >= 4 is 16.8 Å². The molecule has 0 saturated heterocycles. The summed E-state index contributed by atoms with van der Waals surface area (Å²) in [6, 6.07) is 5.64. The van der Waals surface area contributed by atoms with Crippen LogP contribution >= 0.6 is 0 Å². The summed E-state index contributed by atoms with van der Waals surface area (Å²) in [5.41, 5.74) is 2.34. The highest BCUT2D eigenvalue weighted by molar-refractivity contribution is 5.85. The average Bonchev–Trinajstić information content (AvgIpc) is 2.83. The summed E-state index contributed by atoms with van der Waals surface area (Å²) in [6.07, 6.45) is 8.04. The number of ether oxygens (including phenoxy) is 1. The van der Waals surface area contributed by atoms with Gasteiger partial charge in [0.15, 0.2) is 11.9 Å². The van der Waals surface area contributed by atoms with Gasteiger partial charge in [-0.2, -0.15) is 0 Å². The molecule has 1 aromatic carbocycles. The van der Waals surface area contributed by atoms with Gasteiger partial charge in [0, 0.05) is 23.4 Å². The molecule has 1 saturated carbocycles. The van der Waals surface area contributed by atoms with Gasteiger partial charge in [-0.15, -0.1) is 0 Å². The number of carbonyl (C=O) groups is 1. The Labute approximate surface area is 140 Å². The van der Waals surface area contributed by atoms with Gasteiger partial charge < -0.3 is 9.15 Å². The molecule has 0 spiro atoms. The predicted molar refractivity (Wildman–Crippen MR) is 91.6 cm³/mol. The maximum atomic E-state index is 12.3.